The number of nitrogens with one attached hydrogen (secondary N) is 2. The van der Waals surface area contributed by atoms with Gasteiger partial charge >= 0.3 is 0 Å². The molecule has 56 valence electrons. The molecule has 0 radical (unpaired) electrons. The number of aliphatic imine (C=N–C) groups is 1. The monoisotopic (exact) mass is 157 g/mol. The predicted molar refractivity (Wildman–Crippen MR) is 46.3 cm³/mol. The molecule has 0 aliphatic carbocycles. The molecule has 10 heavy (non-hydrogen) atoms. The summed E-state index contributed by atoms with van der Waals surface area (Å²) in [4.78, 5) is 4.25. The minimum absolute atomic E-state index is 0.690. The van der Waals surface area contributed by atoms with E-state index >= 15 is 0 Å². The molecule has 0 unspecified atom stereocenters. The summed E-state index contributed by atoms with van der Waals surface area (Å²) < 4.78 is 0. The van der Waals surface area contributed by atoms with Gasteiger partial charge < -0.3 is 10.6 Å². The molecule has 0 spiro atoms. The molecule has 1 aliphatic heterocycles. The van der Waals surface area contributed by atoms with Crippen LogP contribution in [0.15, 0.2) is 4.99 Å². The number of rotatable bonds is 2. The second-order valence-corrected chi connectivity index (χ2v) is 2.54. The Balaban J connectivity index is 2.36. The molecule has 0 bridgehead atoms. The summed E-state index contributed by atoms with van der Waals surface area (Å²) in [7, 11) is 0. The van der Waals surface area contributed by atoms with Crippen molar-refractivity contribution in [1.29, 1.82) is 0 Å². The quantitative estimate of drug-likeness (QED) is 0.565. The Labute approximate surface area is 65.9 Å². The van der Waals surface area contributed by atoms with E-state index in [1.807, 2.05) is 0 Å². The number of thiocarbonyl (C=S) groups is 1. The highest BCUT2D eigenvalue weighted by atomic mass is 32.1. The summed E-state index contributed by atoms with van der Waals surface area (Å²) in [6.07, 6.45) is 1.08. The number of nitrogens with zero attached hydrogens (tertiary/aromatic N) is 1. The van der Waals surface area contributed by atoms with Crippen molar-refractivity contribution in [3.05, 3.63) is 0 Å². The van der Waals surface area contributed by atoms with Gasteiger partial charge in [0.2, 0.25) is 0 Å². The number of amidine groups is 1. The maximum atomic E-state index is 4.84. The fourth-order valence-corrected chi connectivity index (χ4v) is 0.916. The van der Waals surface area contributed by atoms with Gasteiger partial charge in [-0.15, -0.1) is 0 Å². The summed E-state index contributed by atoms with van der Waals surface area (Å²) in [6, 6.07) is 0. The SMILES string of the molecule is CCCN=C1CNC(=S)N1. The molecule has 1 heterocycles. The maximum Gasteiger partial charge on any atom is 0.172 e. The first-order chi connectivity index (χ1) is 4.83. The van der Waals surface area contributed by atoms with Gasteiger partial charge in [-0.1, -0.05) is 6.92 Å². The van der Waals surface area contributed by atoms with E-state index in [0.717, 1.165) is 25.3 Å². The van der Waals surface area contributed by atoms with Gasteiger partial charge in [0.25, 0.3) is 0 Å². The van der Waals surface area contributed by atoms with Gasteiger partial charge in [0, 0.05) is 6.54 Å². The van der Waals surface area contributed by atoms with E-state index in [-0.39, 0.29) is 0 Å². The van der Waals surface area contributed by atoms with Gasteiger partial charge in [-0.2, -0.15) is 0 Å². The first-order valence-electron chi connectivity index (χ1n) is 3.41. The van der Waals surface area contributed by atoms with Crippen molar-refractivity contribution < 1.29 is 0 Å². The molecule has 4 heteroatoms. The molecule has 1 aliphatic rings. The Morgan fingerprint density at radius 1 is 1.70 bits per heavy atom. The first-order valence-corrected chi connectivity index (χ1v) is 3.82. The topological polar surface area (TPSA) is 36.4 Å². The van der Waals surface area contributed by atoms with Gasteiger partial charge in [0.1, 0.15) is 5.84 Å². The van der Waals surface area contributed by atoms with Crippen molar-refractivity contribution in [3.8, 4) is 0 Å². The minimum atomic E-state index is 0.690. The zero-order chi connectivity index (χ0) is 7.40. The molecule has 3 nitrogen and oxygen atoms in total. The molecule has 0 aromatic carbocycles. The Bertz CT molecular complexity index is 164. The molecule has 0 aromatic rings. The highest BCUT2D eigenvalue weighted by molar-refractivity contribution is 7.80. The van der Waals surface area contributed by atoms with E-state index < -0.39 is 0 Å². The van der Waals surface area contributed by atoms with Crippen molar-refractivity contribution in [1.82, 2.24) is 10.6 Å². The van der Waals surface area contributed by atoms with Crippen LogP contribution >= 0.6 is 12.2 Å². The summed E-state index contributed by atoms with van der Waals surface area (Å²) in [5, 5.41) is 6.62. The molecular weight excluding hydrogens is 146 g/mol. The van der Waals surface area contributed by atoms with Crippen LogP contribution in [0.5, 0.6) is 0 Å². The Hall–Kier alpha value is -0.640. The van der Waals surface area contributed by atoms with Crippen molar-refractivity contribution >= 4 is 23.2 Å². The highest BCUT2D eigenvalue weighted by Crippen LogP contribution is 1.85. The van der Waals surface area contributed by atoms with Crippen LogP contribution in [0.3, 0.4) is 0 Å². The Morgan fingerprint density at radius 2 is 2.50 bits per heavy atom. The fourth-order valence-electron chi connectivity index (χ4n) is 0.726. The standard InChI is InChI=1S/C6H11N3S/c1-2-3-7-5-4-8-6(10)9-5/h2-4H2,1H3,(H2,7,8,9,10). The summed E-state index contributed by atoms with van der Waals surface area (Å²) >= 11 is 4.84. The van der Waals surface area contributed by atoms with Gasteiger partial charge in [0.15, 0.2) is 5.11 Å². The molecule has 0 aromatic heterocycles. The van der Waals surface area contributed by atoms with Crippen LogP contribution in [-0.2, 0) is 0 Å². The van der Waals surface area contributed by atoms with Gasteiger partial charge in [-0.3, -0.25) is 4.99 Å². The van der Waals surface area contributed by atoms with Crippen LogP contribution in [0.25, 0.3) is 0 Å². The first kappa shape index (κ1) is 7.47. The van der Waals surface area contributed by atoms with E-state index in [4.69, 9.17) is 12.2 Å². The Morgan fingerprint density at radius 3 is 3.00 bits per heavy atom. The van der Waals surface area contributed by atoms with E-state index in [1.165, 1.54) is 0 Å². The Kier molecular flexibility index (Phi) is 2.62. The average molecular weight is 157 g/mol. The molecular formula is C6H11N3S. The number of hydrogen-bond donors (Lipinski definition) is 2. The zero-order valence-electron chi connectivity index (χ0n) is 5.98. The molecule has 0 atom stereocenters. The second-order valence-electron chi connectivity index (χ2n) is 2.14. The van der Waals surface area contributed by atoms with E-state index in [2.05, 4.69) is 22.5 Å². The summed E-state index contributed by atoms with van der Waals surface area (Å²) in [5.74, 6) is 0.965. The normalized spacial score (nSPS) is 20.9. The average Bonchev–Trinajstić information content (AvgIpc) is 2.31. The third-order valence-corrected chi connectivity index (χ3v) is 1.45. The third-order valence-electron chi connectivity index (χ3n) is 1.20. The van der Waals surface area contributed by atoms with Crippen LogP contribution in [-0.4, -0.2) is 24.0 Å². The smallest absolute Gasteiger partial charge is 0.172 e. The number of hydrogen-bond acceptors (Lipinski definition) is 2. The van der Waals surface area contributed by atoms with Crippen LogP contribution in [0.4, 0.5) is 0 Å². The third kappa shape index (κ3) is 1.95. The van der Waals surface area contributed by atoms with Crippen LogP contribution in [0, 0.1) is 0 Å². The lowest BCUT2D eigenvalue weighted by Gasteiger charge is -1.92. The largest absolute Gasteiger partial charge is 0.355 e. The summed E-state index contributed by atoms with van der Waals surface area (Å²) in [6.45, 7) is 3.75. The molecule has 1 saturated heterocycles. The highest BCUT2D eigenvalue weighted by Gasteiger charge is 2.09. The van der Waals surface area contributed by atoms with Gasteiger partial charge in [-0.05, 0) is 18.6 Å². The van der Waals surface area contributed by atoms with Crippen LogP contribution in [0.2, 0.25) is 0 Å². The second kappa shape index (κ2) is 3.51. The van der Waals surface area contributed by atoms with Crippen molar-refractivity contribution in [2.75, 3.05) is 13.1 Å². The molecule has 0 saturated carbocycles. The van der Waals surface area contributed by atoms with E-state index in [0.29, 0.717) is 5.11 Å². The van der Waals surface area contributed by atoms with Crippen LogP contribution in [0.1, 0.15) is 13.3 Å². The van der Waals surface area contributed by atoms with Crippen LogP contribution < -0.4 is 10.6 Å². The van der Waals surface area contributed by atoms with E-state index in [1.54, 1.807) is 0 Å². The lowest BCUT2D eigenvalue weighted by atomic mass is 10.5. The lowest BCUT2D eigenvalue weighted by Crippen LogP contribution is -2.22. The molecule has 0 amide bonds. The van der Waals surface area contributed by atoms with Gasteiger partial charge in [0.05, 0.1) is 6.54 Å². The van der Waals surface area contributed by atoms with Crippen molar-refractivity contribution in [3.63, 3.8) is 0 Å². The molecule has 2 N–H and O–H groups in total. The molecule has 1 fully saturated rings. The lowest BCUT2D eigenvalue weighted by molar-refractivity contribution is 0.923. The minimum Gasteiger partial charge on any atom is -0.355 e. The van der Waals surface area contributed by atoms with Crippen molar-refractivity contribution in [2.24, 2.45) is 4.99 Å². The van der Waals surface area contributed by atoms with Crippen molar-refractivity contribution in [2.45, 2.75) is 13.3 Å². The molecule has 1 rings (SSSR count). The van der Waals surface area contributed by atoms with Gasteiger partial charge in [-0.25, -0.2) is 0 Å². The maximum absolute atomic E-state index is 4.84. The fraction of sp³-hybridized carbons (Fsp3) is 0.667. The summed E-state index contributed by atoms with van der Waals surface area (Å²) in [5.41, 5.74) is 0. The van der Waals surface area contributed by atoms with E-state index in [9.17, 15) is 0 Å². The predicted octanol–water partition coefficient (Wildman–Crippen LogP) is 0.273. The zero-order valence-corrected chi connectivity index (χ0v) is 6.79.